The lowest BCUT2D eigenvalue weighted by atomic mass is 9.86. The SMILES string of the molecule is CC(c1nnc(-c2ccccc2)o1)N(C)CC1CCCCC1O. The zero-order chi connectivity index (χ0) is 16.2. The number of aromatic nitrogens is 2. The molecule has 0 radical (unpaired) electrons. The summed E-state index contributed by atoms with van der Waals surface area (Å²) in [6, 6.07) is 9.84. The van der Waals surface area contributed by atoms with Crippen molar-refractivity contribution in [3.63, 3.8) is 0 Å². The molecule has 124 valence electrons. The van der Waals surface area contributed by atoms with Gasteiger partial charge in [-0.2, -0.15) is 0 Å². The molecule has 0 aliphatic heterocycles. The minimum atomic E-state index is -0.180. The second-order valence-corrected chi connectivity index (χ2v) is 6.54. The minimum absolute atomic E-state index is 0.0362. The summed E-state index contributed by atoms with van der Waals surface area (Å²) in [6.45, 7) is 2.92. The molecule has 0 bridgehead atoms. The number of nitrogens with zero attached hydrogens (tertiary/aromatic N) is 3. The van der Waals surface area contributed by atoms with Crippen molar-refractivity contribution >= 4 is 0 Å². The lowest BCUT2D eigenvalue weighted by molar-refractivity contribution is 0.0422. The van der Waals surface area contributed by atoms with Gasteiger partial charge in [0.25, 0.3) is 0 Å². The smallest absolute Gasteiger partial charge is 0.247 e. The molecule has 1 aromatic heterocycles. The molecule has 1 heterocycles. The Balaban J connectivity index is 1.65. The van der Waals surface area contributed by atoms with Gasteiger partial charge in [-0.05, 0) is 44.9 Å². The molecule has 1 aliphatic rings. The van der Waals surface area contributed by atoms with E-state index in [9.17, 15) is 5.11 Å². The van der Waals surface area contributed by atoms with E-state index in [0.717, 1.165) is 31.4 Å². The molecule has 1 aliphatic carbocycles. The summed E-state index contributed by atoms with van der Waals surface area (Å²) in [7, 11) is 2.05. The highest BCUT2D eigenvalue weighted by atomic mass is 16.4. The van der Waals surface area contributed by atoms with Crippen LogP contribution in [0.1, 0.15) is 44.5 Å². The van der Waals surface area contributed by atoms with Gasteiger partial charge in [-0.1, -0.05) is 31.0 Å². The molecule has 5 heteroatoms. The largest absolute Gasteiger partial charge is 0.419 e. The van der Waals surface area contributed by atoms with E-state index in [1.54, 1.807) is 0 Å². The van der Waals surface area contributed by atoms with E-state index in [1.807, 2.05) is 30.3 Å². The van der Waals surface area contributed by atoms with Crippen molar-refractivity contribution in [3.8, 4) is 11.5 Å². The Bertz CT molecular complexity index is 614. The molecule has 3 unspecified atom stereocenters. The summed E-state index contributed by atoms with van der Waals surface area (Å²) in [5.74, 6) is 1.52. The Labute approximate surface area is 137 Å². The van der Waals surface area contributed by atoms with Crippen molar-refractivity contribution in [1.29, 1.82) is 0 Å². The van der Waals surface area contributed by atoms with Crippen LogP contribution in [-0.2, 0) is 0 Å². The predicted octanol–water partition coefficient (Wildman–Crippen LogP) is 3.28. The number of benzene rings is 1. The van der Waals surface area contributed by atoms with Crippen LogP contribution in [-0.4, -0.2) is 39.9 Å². The number of aliphatic hydroxyl groups is 1. The van der Waals surface area contributed by atoms with Gasteiger partial charge in [0.05, 0.1) is 12.1 Å². The molecule has 3 rings (SSSR count). The van der Waals surface area contributed by atoms with Crippen molar-refractivity contribution in [2.24, 2.45) is 5.92 Å². The first-order valence-corrected chi connectivity index (χ1v) is 8.42. The van der Waals surface area contributed by atoms with E-state index in [0.29, 0.717) is 17.7 Å². The third kappa shape index (κ3) is 3.79. The first-order chi connectivity index (χ1) is 11.1. The van der Waals surface area contributed by atoms with Gasteiger partial charge in [-0.25, -0.2) is 0 Å². The number of hydrogen-bond donors (Lipinski definition) is 1. The third-order valence-electron chi connectivity index (χ3n) is 4.87. The molecule has 5 nitrogen and oxygen atoms in total. The summed E-state index contributed by atoms with van der Waals surface area (Å²) in [4.78, 5) is 2.20. The normalized spacial score (nSPS) is 23.1. The summed E-state index contributed by atoms with van der Waals surface area (Å²) < 4.78 is 5.84. The zero-order valence-corrected chi connectivity index (χ0v) is 13.9. The first kappa shape index (κ1) is 16.1. The second-order valence-electron chi connectivity index (χ2n) is 6.54. The molecule has 3 atom stereocenters. The lowest BCUT2D eigenvalue weighted by Gasteiger charge is -2.32. The van der Waals surface area contributed by atoms with Crippen LogP contribution in [0.5, 0.6) is 0 Å². The van der Waals surface area contributed by atoms with Crippen LogP contribution < -0.4 is 0 Å². The highest BCUT2D eigenvalue weighted by Gasteiger charge is 2.27. The van der Waals surface area contributed by atoms with Gasteiger partial charge >= 0.3 is 0 Å². The standard InChI is InChI=1S/C18H25N3O2/c1-13(21(2)12-15-10-6-7-11-16(15)22)17-19-20-18(23-17)14-8-4-3-5-9-14/h3-5,8-9,13,15-16,22H,6-7,10-12H2,1-2H3. The van der Waals surface area contributed by atoms with E-state index in [-0.39, 0.29) is 12.1 Å². The topological polar surface area (TPSA) is 62.4 Å². The summed E-state index contributed by atoms with van der Waals surface area (Å²) in [6.07, 6.45) is 4.19. The maximum Gasteiger partial charge on any atom is 0.247 e. The van der Waals surface area contributed by atoms with Crippen LogP contribution in [0.15, 0.2) is 34.7 Å². The molecular formula is C18H25N3O2. The lowest BCUT2D eigenvalue weighted by Crippen LogP contribution is -2.36. The van der Waals surface area contributed by atoms with Crippen LogP contribution in [0.4, 0.5) is 0 Å². The Morgan fingerprint density at radius 1 is 1.22 bits per heavy atom. The Kier molecular flexibility index (Phi) is 5.08. The molecule has 1 N–H and O–H groups in total. The molecule has 0 amide bonds. The van der Waals surface area contributed by atoms with Crippen LogP contribution >= 0.6 is 0 Å². The van der Waals surface area contributed by atoms with Gasteiger partial charge in [-0.15, -0.1) is 10.2 Å². The number of hydrogen-bond acceptors (Lipinski definition) is 5. The van der Waals surface area contributed by atoms with Gasteiger partial charge < -0.3 is 9.52 Å². The van der Waals surface area contributed by atoms with E-state index in [2.05, 4.69) is 29.1 Å². The molecule has 1 fully saturated rings. The van der Waals surface area contributed by atoms with Crippen LogP contribution in [0.2, 0.25) is 0 Å². The molecular weight excluding hydrogens is 290 g/mol. The fourth-order valence-electron chi connectivity index (χ4n) is 3.22. The molecule has 2 aromatic rings. The minimum Gasteiger partial charge on any atom is -0.419 e. The number of rotatable bonds is 5. The van der Waals surface area contributed by atoms with Gasteiger partial charge in [0.15, 0.2) is 0 Å². The van der Waals surface area contributed by atoms with Gasteiger partial charge in [0.2, 0.25) is 11.8 Å². The average Bonchev–Trinajstić information content (AvgIpc) is 3.07. The highest BCUT2D eigenvalue weighted by Crippen LogP contribution is 2.28. The Morgan fingerprint density at radius 2 is 1.96 bits per heavy atom. The highest BCUT2D eigenvalue weighted by molar-refractivity contribution is 5.51. The fourth-order valence-corrected chi connectivity index (χ4v) is 3.22. The summed E-state index contributed by atoms with van der Waals surface area (Å²) >= 11 is 0. The molecule has 1 aromatic carbocycles. The number of aliphatic hydroxyl groups excluding tert-OH is 1. The van der Waals surface area contributed by atoms with Crippen LogP contribution in [0.25, 0.3) is 11.5 Å². The van der Waals surface area contributed by atoms with Crippen LogP contribution in [0.3, 0.4) is 0 Å². The molecule has 23 heavy (non-hydrogen) atoms. The van der Waals surface area contributed by atoms with Crippen molar-refractivity contribution in [2.75, 3.05) is 13.6 Å². The Hall–Kier alpha value is -1.72. The van der Waals surface area contributed by atoms with E-state index in [1.165, 1.54) is 6.42 Å². The summed E-state index contributed by atoms with van der Waals surface area (Å²) in [5, 5.41) is 18.5. The van der Waals surface area contributed by atoms with E-state index >= 15 is 0 Å². The van der Waals surface area contributed by atoms with Crippen molar-refractivity contribution < 1.29 is 9.52 Å². The Morgan fingerprint density at radius 3 is 2.70 bits per heavy atom. The van der Waals surface area contributed by atoms with Gasteiger partial charge in [-0.3, -0.25) is 4.90 Å². The molecule has 0 spiro atoms. The molecule has 0 saturated heterocycles. The van der Waals surface area contributed by atoms with Crippen molar-refractivity contribution in [2.45, 2.75) is 44.8 Å². The predicted molar refractivity (Wildman–Crippen MR) is 88.7 cm³/mol. The van der Waals surface area contributed by atoms with Crippen molar-refractivity contribution in [3.05, 3.63) is 36.2 Å². The average molecular weight is 315 g/mol. The summed E-state index contributed by atoms with van der Waals surface area (Å²) in [5.41, 5.74) is 0.934. The maximum absolute atomic E-state index is 10.1. The maximum atomic E-state index is 10.1. The quantitative estimate of drug-likeness (QED) is 0.917. The second kappa shape index (κ2) is 7.23. The first-order valence-electron chi connectivity index (χ1n) is 8.42. The van der Waals surface area contributed by atoms with E-state index in [4.69, 9.17) is 4.42 Å². The van der Waals surface area contributed by atoms with Crippen molar-refractivity contribution in [1.82, 2.24) is 15.1 Å². The zero-order valence-electron chi connectivity index (χ0n) is 13.9. The van der Waals surface area contributed by atoms with Gasteiger partial charge in [0, 0.05) is 12.1 Å². The molecule has 1 saturated carbocycles. The van der Waals surface area contributed by atoms with Gasteiger partial charge in [0.1, 0.15) is 0 Å². The monoisotopic (exact) mass is 315 g/mol. The van der Waals surface area contributed by atoms with Crippen LogP contribution in [0, 0.1) is 5.92 Å². The van der Waals surface area contributed by atoms with E-state index < -0.39 is 0 Å². The third-order valence-corrected chi connectivity index (χ3v) is 4.87. The fraction of sp³-hybridized carbons (Fsp3) is 0.556.